The number of hydrogen-bond donors (Lipinski definition) is 6. The zero-order chi connectivity index (χ0) is 36.1. The molecule has 1 spiro atoms. The molecule has 3 aromatic rings. The van der Waals surface area contributed by atoms with E-state index in [1.165, 1.54) is 0 Å². The fourth-order valence-electron chi connectivity index (χ4n) is 7.60. The molecule has 0 aliphatic carbocycles. The molecule has 6 rings (SSSR count). The first kappa shape index (κ1) is 36.5. The van der Waals surface area contributed by atoms with E-state index >= 15 is 4.11 Å². The summed E-state index contributed by atoms with van der Waals surface area (Å²) in [6.45, 7) is 5.46. The number of amides is 2. The Morgan fingerprint density at radius 1 is 1.12 bits per heavy atom. The van der Waals surface area contributed by atoms with Gasteiger partial charge in [-0.2, -0.15) is 0 Å². The molecule has 0 unspecified atom stereocenters. The minimum absolute atomic E-state index is 0.0551. The number of aromatic nitrogens is 3. The van der Waals surface area contributed by atoms with Crippen molar-refractivity contribution in [2.75, 3.05) is 16.8 Å². The number of carbonyl (C=O) groups excluding carboxylic acids is 2. The number of rotatable bonds is 10. The molecule has 2 aromatic carbocycles. The van der Waals surface area contributed by atoms with E-state index in [0.717, 1.165) is 0 Å². The average Bonchev–Trinajstić information content (AvgIpc) is 3.70. The minimum atomic E-state index is -3.43. The number of anilines is 2. The third kappa shape index (κ3) is 6.60. The smallest absolute Gasteiger partial charge is 0.264 e. The molecule has 1 aromatic heterocycles. The number of carbonyl (C=O) groups is 2. The van der Waals surface area contributed by atoms with Crippen LogP contribution in [0.15, 0.2) is 48.7 Å². The second-order valence-corrected chi connectivity index (χ2v) is 17.9. The van der Waals surface area contributed by atoms with E-state index in [2.05, 4.69) is 15.6 Å². The normalized spacial score (nSPS) is 31.0. The number of aliphatic hydroxyl groups excluding tert-OH is 5. The number of aryl methyl sites for hydroxylation is 1. The number of nitrogens with zero attached hydrogens (tertiary/aromatic N) is 4. The molecule has 270 valence electrons. The average molecular weight is 734 g/mol. The number of aliphatic hydroxyl groups is 5. The summed E-state index contributed by atoms with van der Waals surface area (Å²) in [5.41, 5.74) is 0.569. The van der Waals surface area contributed by atoms with Crippen LogP contribution in [0.3, 0.4) is 0 Å². The van der Waals surface area contributed by atoms with Gasteiger partial charge in [0, 0.05) is 53.5 Å². The summed E-state index contributed by atoms with van der Waals surface area (Å²) in [4.78, 5) is 29.2. The van der Waals surface area contributed by atoms with Crippen molar-refractivity contribution in [1.82, 2.24) is 15.0 Å². The molecule has 2 fully saturated rings. The lowest BCUT2D eigenvalue weighted by atomic mass is 9.82. The quantitative estimate of drug-likeness (QED) is 0.131. The summed E-state index contributed by atoms with van der Waals surface area (Å²) < 4.78 is 29.6. The number of ether oxygens (including phenoxy) is 2. The van der Waals surface area contributed by atoms with Crippen molar-refractivity contribution in [3.05, 3.63) is 70.5 Å². The van der Waals surface area contributed by atoms with Crippen LogP contribution in [0.5, 0.6) is 0 Å². The number of hydrogen-bond acceptors (Lipinski definition) is 11. The molecule has 4 heterocycles. The molecule has 14 nitrogen and oxygen atoms in total. The fraction of sp³-hybridized carbons (Fsp3) is 0.515. The summed E-state index contributed by atoms with van der Waals surface area (Å²) >= 11 is 6.49. The van der Waals surface area contributed by atoms with Crippen LogP contribution >= 0.6 is 11.6 Å². The summed E-state index contributed by atoms with van der Waals surface area (Å²) in [7, 11) is -3.43. The minimum Gasteiger partial charge on any atom is -0.396 e. The molecule has 3 aliphatic rings. The molecule has 0 saturated carbocycles. The highest BCUT2D eigenvalue weighted by Gasteiger charge is 2.66. The molecule has 50 heavy (non-hydrogen) atoms. The highest BCUT2D eigenvalue weighted by molar-refractivity contribution is 6.72. The third-order valence-corrected chi connectivity index (χ3v) is 12.6. The van der Waals surface area contributed by atoms with Gasteiger partial charge in [0.2, 0.25) is 8.41 Å². The van der Waals surface area contributed by atoms with Crippen LogP contribution < -0.4 is 10.2 Å². The monoisotopic (exact) mass is 733 g/mol. The lowest BCUT2D eigenvalue weighted by Gasteiger charge is -2.37. The fourth-order valence-corrected chi connectivity index (χ4v) is 10.3. The van der Waals surface area contributed by atoms with Gasteiger partial charge < -0.3 is 49.3 Å². The Balaban J connectivity index is 1.26. The highest BCUT2D eigenvalue weighted by atomic mass is 35.5. The number of benzene rings is 2. The van der Waals surface area contributed by atoms with Gasteiger partial charge in [-0.1, -0.05) is 35.9 Å². The topological polar surface area (TPSA) is 200 Å². The van der Waals surface area contributed by atoms with Crippen LogP contribution in [0.1, 0.15) is 30.2 Å². The molecule has 17 heteroatoms. The van der Waals surface area contributed by atoms with Crippen molar-refractivity contribution < 1.29 is 48.7 Å². The van der Waals surface area contributed by atoms with Crippen molar-refractivity contribution in [3.63, 3.8) is 0 Å². The molecule has 6 N–H and O–H groups in total. The first-order chi connectivity index (χ1) is 23.6. The second-order valence-electron chi connectivity index (χ2n) is 13.7. The predicted octanol–water partition coefficient (Wildman–Crippen LogP) is 1.62. The van der Waals surface area contributed by atoms with Crippen molar-refractivity contribution in [2.24, 2.45) is 5.92 Å². The summed E-state index contributed by atoms with van der Waals surface area (Å²) in [5, 5.41) is 60.3. The Hall–Kier alpha value is -3.32. The van der Waals surface area contributed by atoms with Crippen molar-refractivity contribution >= 4 is 43.2 Å². The lowest BCUT2D eigenvalue weighted by Crippen LogP contribution is -2.60. The first-order valence-corrected chi connectivity index (χ1v) is 19.7. The Labute approximate surface area is 293 Å². The second kappa shape index (κ2) is 14.0. The summed E-state index contributed by atoms with van der Waals surface area (Å²) in [6.07, 6.45) is -7.09. The first-order valence-electron chi connectivity index (χ1n) is 16.4. The Kier molecular flexibility index (Phi) is 10.2. The number of nitrogens with one attached hydrogen (secondary N) is 1. The molecular weight excluding hydrogens is 693 g/mol. The Bertz CT molecular complexity index is 1750. The SMILES string of the molecule is C[C@@H]1[C@@H]([Si](C)(C)F)[C@H](CCn2cc(CCO)nn2)O[C@@]12C(=O)N(Cc1cccc(NC(=O)[C@H]3O[C@@H](O)[C@H](O)[C@@H](O)[C@@H]3O)c1)c1ccc(Cl)cc12. The number of halogens is 2. The maximum absolute atomic E-state index is 16.2. The highest BCUT2D eigenvalue weighted by Crippen LogP contribution is 2.60. The third-order valence-electron chi connectivity index (χ3n) is 9.90. The van der Waals surface area contributed by atoms with E-state index in [1.54, 1.807) is 71.3 Å². The summed E-state index contributed by atoms with van der Waals surface area (Å²) in [6, 6.07) is 11.7. The molecular formula is C33H41ClFN5O9Si. The van der Waals surface area contributed by atoms with E-state index < -0.39 is 68.2 Å². The predicted molar refractivity (Wildman–Crippen MR) is 180 cm³/mol. The molecule has 3 aliphatic heterocycles. The zero-order valence-corrected chi connectivity index (χ0v) is 29.4. The van der Waals surface area contributed by atoms with Crippen molar-refractivity contribution in [2.45, 2.75) is 93.9 Å². The maximum atomic E-state index is 16.2. The van der Waals surface area contributed by atoms with E-state index in [-0.39, 0.29) is 24.7 Å². The van der Waals surface area contributed by atoms with Crippen LogP contribution in [0.4, 0.5) is 15.5 Å². The van der Waals surface area contributed by atoms with Crippen LogP contribution in [0.2, 0.25) is 23.7 Å². The van der Waals surface area contributed by atoms with E-state index in [4.69, 9.17) is 21.1 Å². The van der Waals surface area contributed by atoms with Gasteiger partial charge in [-0.25, -0.2) is 0 Å². The standard InChI is InChI=1S/C33H41ClFN5O9Si/c1-17-29(50(2,3)35)24(9-11-39-16-21(10-12-41)37-38-39)49-33(17)22-14-19(34)7-8-23(22)40(32(33)47)15-18-5-4-6-20(13-18)36-30(45)28-26(43)25(42)27(44)31(46)48-28/h4-8,13-14,16-17,24-29,31,41-44,46H,9-12,15H2,1-3H3,(H,36,45)/t17-,24+,25+,26+,27-,28+,29-,31-,33+/m1/s1. The van der Waals surface area contributed by atoms with Crippen molar-refractivity contribution in [1.29, 1.82) is 0 Å². The largest absolute Gasteiger partial charge is 0.396 e. The number of fused-ring (bicyclic) bond motifs is 2. The Morgan fingerprint density at radius 3 is 2.60 bits per heavy atom. The van der Waals surface area contributed by atoms with Gasteiger partial charge in [0.15, 0.2) is 18.0 Å². The van der Waals surface area contributed by atoms with Crippen molar-refractivity contribution in [3.8, 4) is 0 Å². The van der Waals surface area contributed by atoms with E-state index in [9.17, 15) is 35.1 Å². The van der Waals surface area contributed by atoms with Gasteiger partial charge in [-0.05, 0) is 55.4 Å². The molecule has 0 bridgehead atoms. The van der Waals surface area contributed by atoms with Crippen LogP contribution in [0, 0.1) is 5.92 Å². The summed E-state index contributed by atoms with van der Waals surface area (Å²) in [5.74, 6) is -1.78. The van der Waals surface area contributed by atoms with Gasteiger partial charge in [0.25, 0.3) is 11.8 Å². The lowest BCUT2D eigenvalue weighted by molar-refractivity contribution is -0.274. The van der Waals surface area contributed by atoms with Gasteiger partial charge in [-0.15, -0.1) is 5.10 Å². The van der Waals surface area contributed by atoms with Gasteiger partial charge in [0.05, 0.1) is 24.0 Å². The Morgan fingerprint density at radius 2 is 1.88 bits per heavy atom. The van der Waals surface area contributed by atoms with Crippen LogP contribution in [-0.2, 0) is 44.2 Å². The van der Waals surface area contributed by atoms with Gasteiger partial charge >= 0.3 is 0 Å². The van der Waals surface area contributed by atoms with E-state index in [1.807, 2.05) is 6.92 Å². The van der Waals surface area contributed by atoms with Crippen LogP contribution in [-0.4, -0.2) is 104 Å². The molecule has 9 atom stereocenters. The van der Waals surface area contributed by atoms with Gasteiger partial charge in [0.1, 0.15) is 18.3 Å². The maximum Gasteiger partial charge on any atom is 0.264 e. The van der Waals surface area contributed by atoms with Crippen LogP contribution in [0.25, 0.3) is 0 Å². The molecule has 2 saturated heterocycles. The zero-order valence-electron chi connectivity index (χ0n) is 27.7. The van der Waals surface area contributed by atoms with Gasteiger partial charge in [-0.3, -0.25) is 14.3 Å². The molecule has 0 radical (unpaired) electrons. The molecule has 2 amide bonds. The van der Waals surface area contributed by atoms with E-state index in [0.29, 0.717) is 46.9 Å².